The lowest BCUT2D eigenvalue weighted by atomic mass is 9.99. The molecule has 3 aromatic rings. The lowest BCUT2D eigenvalue weighted by molar-refractivity contribution is -0.139. The van der Waals surface area contributed by atoms with E-state index in [1.807, 2.05) is 18.2 Å². The molecule has 122 valence electrons. The molecule has 0 unspecified atom stereocenters. The van der Waals surface area contributed by atoms with E-state index in [2.05, 4.69) is 27.0 Å². The van der Waals surface area contributed by atoms with Gasteiger partial charge in [-0.1, -0.05) is 35.9 Å². The zero-order chi connectivity index (χ0) is 16.7. The number of carboxylic acid groups (broad SMARTS) is 1. The van der Waals surface area contributed by atoms with E-state index >= 15 is 0 Å². The summed E-state index contributed by atoms with van der Waals surface area (Å²) in [6.45, 7) is 1.22. The summed E-state index contributed by atoms with van der Waals surface area (Å²) in [6, 6.07) is 11.4. The van der Waals surface area contributed by atoms with Gasteiger partial charge in [0, 0.05) is 42.3 Å². The fraction of sp³-hybridized carbons (Fsp3) is 0.222. The zero-order valence-corrected chi connectivity index (χ0v) is 13.6. The number of pyridine rings is 1. The van der Waals surface area contributed by atoms with Crippen molar-refractivity contribution in [2.75, 3.05) is 0 Å². The lowest BCUT2D eigenvalue weighted by Crippen LogP contribution is -2.42. The number of para-hydroxylation sites is 1. The van der Waals surface area contributed by atoms with E-state index < -0.39 is 12.0 Å². The molecule has 0 aliphatic carbocycles. The van der Waals surface area contributed by atoms with Gasteiger partial charge in [0.25, 0.3) is 0 Å². The molecule has 1 aromatic carbocycles. The highest BCUT2D eigenvalue weighted by Crippen LogP contribution is 2.30. The highest BCUT2D eigenvalue weighted by Gasteiger charge is 2.28. The van der Waals surface area contributed by atoms with Crippen molar-refractivity contribution >= 4 is 28.5 Å². The van der Waals surface area contributed by atoms with Crippen LogP contribution in [-0.2, 0) is 24.3 Å². The van der Waals surface area contributed by atoms with Gasteiger partial charge in [0.1, 0.15) is 11.2 Å². The molecule has 1 aliphatic heterocycles. The van der Waals surface area contributed by atoms with Crippen LogP contribution in [0.5, 0.6) is 0 Å². The van der Waals surface area contributed by atoms with Gasteiger partial charge in [0.05, 0.1) is 0 Å². The second kappa shape index (κ2) is 5.92. The molecular formula is C18H16ClN3O2. The van der Waals surface area contributed by atoms with E-state index in [0.29, 0.717) is 24.7 Å². The van der Waals surface area contributed by atoms with Gasteiger partial charge in [-0.25, -0.2) is 4.98 Å². The van der Waals surface area contributed by atoms with Crippen molar-refractivity contribution in [3.05, 3.63) is 64.6 Å². The number of carboxylic acids is 1. The maximum absolute atomic E-state index is 11.3. The van der Waals surface area contributed by atoms with Crippen LogP contribution in [0.1, 0.15) is 16.8 Å². The molecule has 0 saturated carbocycles. The first-order chi connectivity index (χ1) is 11.6. The van der Waals surface area contributed by atoms with E-state index in [-0.39, 0.29) is 0 Å². The SMILES string of the molecule is O=C(O)[C@@H]1Cc2c(n(Cc3ccc(Cl)nc3)c3ccccc23)CN1. The highest BCUT2D eigenvalue weighted by molar-refractivity contribution is 6.29. The Hall–Kier alpha value is -2.37. The predicted molar refractivity (Wildman–Crippen MR) is 92.3 cm³/mol. The van der Waals surface area contributed by atoms with Crippen LogP contribution >= 0.6 is 11.6 Å². The van der Waals surface area contributed by atoms with Gasteiger partial charge in [0.2, 0.25) is 0 Å². The Morgan fingerprint density at radius 1 is 1.33 bits per heavy atom. The number of nitrogens with zero attached hydrogens (tertiary/aromatic N) is 2. The minimum atomic E-state index is -0.806. The Balaban J connectivity index is 1.81. The molecule has 6 heteroatoms. The largest absolute Gasteiger partial charge is 0.480 e. The van der Waals surface area contributed by atoms with E-state index in [1.54, 1.807) is 12.3 Å². The van der Waals surface area contributed by atoms with Crippen LogP contribution in [0.25, 0.3) is 10.9 Å². The summed E-state index contributed by atoms with van der Waals surface area (Å²) < 4.78 is 2.24. The molecule has 2 aromatic heterocycles. The van der Waals surface area contributed by atoms with Gasteiger partial charge in [-0.05, 0) is 23.3 Å². The number of halogens is 1. The highest BCUT2D eigenvalue weighted by atomic mass is 35.5. The van der Waals surface area contributed by atoms with Crippen molar-refractivity contribution in [2.24, 2.45) is 0 Å². The van der Waals surface area contributed by atoms with Gasteiger partial charge < -0.3 is 9.67 Å². The second-order valence-electron chi connectivity index (χ2n) is 5.99. The molecule has 0 spiro atoms. The van der Waals surface area contributed by atoms with Crippen LogP contribution in [-0.4, -0.2) is 26.7 Å². The van der Waals surface area contributed by atoms with Gasteiger partial charge in [0.15, 0.2) is 0 Å². The molecule has 4 rings (SSSR count). The quantitative estimate of drug-likeness (QED) is 0.719. The summed E-state index contributed by atoms with van der Waals surface area (Å²) in [5.74, 6) is -0.806. The van der Waals surface area contributed by atoms with E-state index in [4.69, 9.17) is 11.6 Å². The smallest absolute Gasteiger partial charge is 0.321 e. The topological polar surface area (TPSA) is 67.1 Å². The molecule has 1 aliphatic rings. The summed E-state index contributed by atoms with van der Waals surface area (Å²) in [5, 5.41) is 14.0. The van der Waals surface area contributed by atoms with Gasteiger partial charge in [-0.15, -0.1) is 0 Å². The third kappa shape index (κ3) is 2.56. The normalized spacial score (nSPS) is 17.0. The number of hydrogen-bond acceptors (Lipinski definition) is 3. The second-order valence-corrected chi connectivity index (χ2v) is 6.38. The maximum atomic E-state index is 11.3. The monoisotopic (exact) mass is 341 g/mol. The van der Waals surface area contributed by atoms with Crippen LogP contribution in [0.3, 0.4) is 0 Å². The minimum absolute atomic E-state index is 0.476. The molecule has 2 N–H and O–H groups in total. The number of rotatable bonds is 3. The Labute approximate surface area is 143 Å². The standard InChI is InChI=1S/C18H16ClN3O2/c19-17-6-5-11(8-21-17)10-22-15-4-2-1-3-12(15)13-7-14(18(23)24)20-9-16(13)22/h1-6,8,14,20H,7,9-10H2,(H,23,24)/t14-/m0/s1. The molecule has 0 saturated heterocycles. The fourth-order valence-corrected chi connectivity index (χ4v) is 3.50. The van der Waals surface area contributed by atoms with Crippen LogP contribution in [0.2, 0.25) is 5.15 Å². The molecule has 5 nitrogen and oxygen atoms in total. The first-order valence-corrected chi connectivity index (χ1v) is 8.17. The summed E-state index contributed by atoms with van der Waals surface area (Å²) >= 11 is 5.87. The molecule has 0 amide bonds. The molecule has 3 heterocycles. The van der Waals surface area contributed by atoms with E-state index in [0.717, 1.165) is 27.7 Å². The first kappa shape index (κ1) is 15.2. The summed E-state index contributed by atoms with van der Waals surface area (Å²) in [5.41, 5.74) is 4.44. The third-order valence-corrected chi connectivity index (χ3v) is 4.77. The molecule has 1 atom stereocenters. The number of nitrogens with one attached hydrogen (secondary N) is 1. The molecule has 0 fully saturated rings. The van der Waals surface area contributed by atoms with Crippen LogP contribution in [0, 0.1) is 0 Å². The average molecular weight is 342 g/mol. The molecule has 0 bridgehead atoms. The van der Waals surface area contributed by atoms with Crippen LogP contribution in [0.15, 0.2) is 42.6 Å². The van der Waals surface area contributed by atoms with Crippen molar-refractivity contribution in [1.82, 2.24) is 14.9 Å². The van der Waals surface area contributed by atoms with E-state index in [1.165, 1.54) is 0 Å². The maximum Gasteiger partial charge on any atom is 0.321 e. The summed E-state index contributed by atoms with van der Waals surface area (Å²) in [4.78, 5) is 15.5. The fourth-order valence-electron chi connectivity index (χ4n) is 3.39. The average Bonchev–Trinajstić information content (AvgIpc) is 2.90. The van der Waals surface area contributed by atoms with Crippen molar-refractivity contribution < 1.29 is 9.90 Å². The minimum Gasteiger partial charge on any atom is -0.480 e. The summed E-state index contributed by atoms with van der Waals surface area (Å²) in [6.07, 6.45) is 2.27. The zero-order valence-electron chi connectivity index (χ0n) is 12.9. The number of carbonyl (C=O) groups is 1. The number of benzene rings is 1. The number of aromatic nitrogens is 2. The van der Waals surface area contributed by atoms with Crippen molar-refractivity contribution in [3.8, 4) is 0 Å². The first-order valence-electron chi connectivity index (χ1n) is 7.79. The van der Waals surface area contributed by atoms with Gasteiger partial charge in [-0.3, -0.25) is 10.1 Å². The van der Waals surface area contributed by atoms with Crippen LogP contribution < -0.4 is 5.32 Å². The molecule has 0 radical (unpaired) electrons. The Bertz CT molecular complexity index is 918. The third-order valence-electron chi connectivity index (χ3n) is 4.55. The number of hydrogen-bond donors (Lipinski definition) is 2. The summed E-state index contributed by atoms with van der Waals surface area (Å²) in [7, 11) is 0. The Kier molecular flexibility index (Phi) is 3.75. The predicted octanol–water partition coefficient (Wildman–Crippen LogP) is 2.84. The number of aliphatic carboxylic acids is 1. The van der Waals surface area contributed by atoms with Gasteiger partial charge in [-0.2, -0.15) is 0 Å². The van der Waals surface area contributed by atoms with Crippen molar-refractivity contribution in [3.63, 3.8) is 0 Å². The molecule has 24 heavy (non-hydrogen) atoms. The van der Waals surface area contributed by atoms with E-state index in [9.17, 15) is 9.90 Å². The van der Waals surface area contributed by atoms with Crippen molar-refractivity contribution in [1.29, 1.82) is 0 Å². The Morgan fingerprint density at radius 2 is 2.17 bits per heavy atom. The molecular weight excluding hydrogens is 326 g/mol. The van der Waals surface area contributed by atoms with Gasteiger partial charge >= 0.3 is 5.97 Å². The Morgan fingerprint density at radius 3 is 2.92 bits per heavy atom. The lowest BCUT2D eigenvalue weighted by Gasteiger charge is -2.22. The van der Waals surface area contributed by atoms with Crippen molar-refractivity contribution in [2.45, 2.75) is 25.6 Å². The van der Waals surface area contributed by atoms with Crippen LogP contribution in [0.4, 0.5) is 0 Å². The number of fused-ring (bicyclic) bond motifs is 3.